The molecular weight excluding hydrogens is 340 g/mol. The molecule has 0 unspecified atom stereocenters. The van der Waals surface area contributed by atoms with Gasteiger partial charge in [0.15, 0.2) is 0 Å². The first-order chi connectivity index (χ1) is 11.8. The predicted molar refractivity (Wildman–Crippen MR) is 94.9 cm³/mol. The molecule has 0 aliphatic rings. The van der Waals surface area contributed by atoms with Crippen LogP contribution in [0, 0.1) is 18.3 Å². The Morgan fingerprint density at radius 1 is 1.16 bits per heavy atom. The molecule has 2 aromatic carbocycles. The fourth-order valence-corrected chi connectivity index (χ4v) is 2.46. The molecule has 0 atom stereocenters. The van der Waals surface area contributed by atoms with Gasteiger partial charge in [-0.05, 0) is 42.8 Å². The van der Waals surface area contributed by atoms with Crippen LogP contribution in [0.2, 0.25) is 0 Å². The van der Waals surface area contributed by atoms with Crippen molar-refractivity contribution < 1.29 is 13.2 Å². The Morgan fingerprint density at radius 3 is 2.36 bits per heavy atom. The Bertz CT molecular complexity index is 958. The van der Waals surface area contributed by atoms with Crippen molar-refractivity contribution in [2.75, 3.05) is 10.6 Å². The standard InChI is InChI=1S/C17H16N4O3S/c1-12-4-2-3-5-16(12)21-17(22)13(10-18)11-20-14-6-8-15(9-7-14)25(19,23)24/h2-9,11,20H,1H3,(H,21,22)(H2,19,23,24)/b13-11-. The molecule has 0 radical (unpaired) electrons. The summed E-state index contributed by atoms with van der Waals surface area (Å²) in [4.78, 5) is 12.1. The van der Waals surface area contributed by atoms with Gasteiger partial charge >= 0.3 is 0 Å². The van der Waals surface area contributed by atoms with E-state index in [2.05, 4.69) is 10.6 Å². The largest absolute Gasteiger partial charge is 0.360 e. The summed E-state index contributed by atoms with van der Waals surface area (Å²) in [5.74, 6) is -0.551. The highest BCUT2D eigenvalue weighted by molar-refractivity contribution is 7.89. The second-order valence-electron chi connectivity index (χ2n) is 5.15. The fourth-order valence-electron chi connectivity index (χ4n) is 1.95. The summed E-state index contributed by atoms with van der Waals surface area (Å²) >= 11 is 0. The van der Waals surface area contributed by atoms with Crippen molar-refractivity contribution in [2.24, 2.45) is 5.14 Å². The molecule has 0 aliphatic heterocycles. The zero-order valence-corrected chi connectivity index (χ0v) is 14.2. The first-order valence-corrected chi connectivity index (χ1v) is 8.72. The van der Waals surface area contributed by atoms with E-state index in [0.29, 0.717) is 11.4 Å². The fraction of sp³-hybridized carbons (Fsp3) is 0.0588. The zero-order chi connectivity index (χ0) is 18.4. The second kappa shape index (κ2) is 7.61. The summed E-state index contributed by atoms with van der Waals surface area (Å²) in [6.45, 7) is 1.84. The van der Waals surface area contributed by atoms with Crippen molar-refractivity contribution in [1.82, 2.24) is 0 Å². The van der Waals surface area contributed by atoms with Crippen molar-refractivity contribution in [3.63, 3.8) is 0 Å². The van der Waals surface area contributed by atoms with Crippen LogP contribution in [0.1, 0.15) is 5.56 Å². The Kier molecular flexibility index (Phi) is 5.54. The first-order valence-electron chi connectivity index (χ1n) is 7.18. The highest BCUT2D eigenvalue weighted by Crippen LogP contribution is 2.15. The molecule has 0 aliphatic carbocycles. The lowest BCUT2D eigenvalue weighted by Gasteiger charge is -2.08. The first kappa shape index (κ1) is 18.2. The number of hydrogen-bond donors (Lipinski definition) is 3. The number of para-hydroxylation sites is 1. The summed E-state index contributed by atoms with van der Waals surface area (Å²) in [7, 11) is -3.77. The van der Waals surface area contributed by atoms with Crippen molar-refractivity contribution in [2.45, 2.75) is 11.8 Å². The van der Waals surface area contributed by atoms with Crippen LogP contribution in [0.3, 0.4) is 0 Å². The van der Waals surface area contributed by atoms with Crippen LogP contribution < -0.4 is 15.8 Å². The van der Waals surface area contributed by atoms with Crippen LogP contribution in [-0.2, 0) is 14.8 Å². The van der Waals surface area contributed by atoms with Crippen molar-refractivity contribution in [1.29, 1.82) is 5.26 Å². The van der Waals surface area contributed by atoms with Crippen molar-refractivity contribution in [3.05, 3.63) is 65.9 Å². The topological polar surface area (TPSA) is 125 Å². The maximum Gasteiger partial charge on any atom is 0.267 e. The third-order valence-corrected chi connectivity index (χ3v) is 4.25. The molecular formula is C17H16N4O3S. The lowest BCUT2D eigenvalue weighted by Crippen LogP contribution is -2.15. The smallest absolute Gasteiger partial charge is 0.267 e. The van der Waals surface area contributed by atoms with E-state index >= 15 is 0 Å². The summed E-state index contributed by atoms with van der Waals surface area (Å²) in [5.41, 5.74) is 1.87. The number of nitriles is 1. The molecule has 128 valence electrons. The molecule has 2 rings (SSSR count). The Morgan fingerprint density at radius 2 is 1.80 bits per heavy atom. The Hall–Kier alpha value is -3.15. The van der Waals surface area contributed by atoms with Gasteiger partial charge in [0.25, 0.3) is 5.91 Å². The Labute approximate surface area is 145 Å². The number of sulfonamides is 1. The highest BCUT2D eigenvalue weighted by atomic mass is 32.2. The molecule has 0 saturated carbocycles. The van der Waals surface area contributed by atoms with E-state index in [-0.39, 0.29) is 10.5 Å². The second-order valence-corrected chi connectivity index (χ2v) is 6.71. The minimum Gasteiger partial charge on any atom is -0.360 e. The van der Waals surface area contributed by atoms with E-state index in [0.717, 1.165) is 5.56 Å². The van der Waals surface area contributed by atoms with Crippen LogP contribution in [0.15, 0.2) is 65.2 Å². The maximum atomic E-state index is 12.2. The molecule has 0 saturated heterocycles. The number of primary sulfonamides is 1. The van der Waals surface area contributed by atoms with Crippen LogP contribution in [0.4, 0.5) is 11.4 Å². The molecule has 4 N–H and O–H groups in total. The van der Waals surface area contributed by atoms with Crippen molar-refractivity contribution in [3.8, 4) is 6.07 Å². The van der Waals surface area contributed by atoms with Gasteiger partial charge in [-0.2, -0.15) is 5.26 Å². The van der Waals surface area contributed by atoms with Crippen LogP contribution in [0.5, 0.6) is 0 Å². The third-order valence-electron chi connectivity index (χ3n) is 3.32. The van der Waals surface area contributed by atoms with Crippen LogP contribution >= 0.6 is 0 Å². The molecule has 8 heteroatoms. The van der Waals surface area contributed by atoms with E-state index < -0.39 is 15.9 Å². The number of rotatable bonds is 5. The van der Waals surface area contributed by atoms with Gasteiger partial charge in [0.1, 0.15) is 11.6 Å². The van der Waals surface area contributed by atoms with Gasteiger partial charge < -0.3 is 10.6 Å². The third kappa shape index (κ3) is 4.91. The molecule has 0 spiro atoms. The number of carbonyl (C=O) groups is 1. The molecule has 0 bridgehead atoms. The molecule has 1 amide bonds. The molecule has 7 nitrogen and oxygen atoms in total. The number of nitrogens with zero attached hydrogens (tertiary/aromatic N) is 1. The summed E-state index contributed by atoms with van der Waals surface area (Å²) < 4.78 is 22.4. The average Bonchev–Trinajstić information content (AvgIpc) is 2.57. The van der Waals surface area contributed by atoms with Gasteiger partial charge in [-0.3, -0.25) is 4.79 Å². The quantitative estimate of drug-likeness (QED) is 0.559. The summed E-state index contributed by atoms with van der Waals surface area (Å²) in [6.07, 6.45) is 1.25. The highest BCUT2D eigenvalue weighted by Gasteiger charge is 2.11. The lowest BCUT2D eigenvalue weighted by molar-refractivity contribution is -0.112. The number of carbonyl (C=O) groups excluding carboxylic acids is 1. The van der Waals surface area contributed by atoms with Gasteiger partial charge in [0, 0.05) is 17.6 Å². The van der Waals surface area contributed by atoms with Crippen LogP contribution in [0.25, 0.3) is 0 Å². The minimum atomic E-state index is -3.77. The number of nitrogens with one attached hydrogen (secondary N) is 2. The van der Waals surface area contributed by atoms with E-state index in [4.69, 9.17) is 10.4 Å². The van der Waals surface area contributed by atoms with E-state index in [1.807, 2.05) is 25.1 Å². The van der Waals surface area contributed by atoms with Gasteiger partial charge in [-0.15, -0.1) is 0 Å². The SMILES string of the molecule is Cc1ccccc1NC(=O)/C(C#N)=C\Nc1ccc(S(N)(=O)=O)cc1. The summed E-state index contributed by atoms with van der Waals surface area (Å²) in [5, 5.41) is 19.6. The maximum absolute atomic E-state index is 12.2. The van der Waals surface area contributed by atoms with Gasteiger partial charge in [-0.1, -0.05) is 18.2 Å². The minimum absolute atomic E-state index is 0.0279. The van der Waals surface area contributed by atoms with Crippen LogP contribution in [-0.4, -0.2) is 14.3 Å². The predicted octanol–water partition coefficient (Wildman–Crippen LogP) is 2.10. The molecule has 0 aromatic heterocycles. The zero-order valence-electron chi connectivity index (χ0n) is 13.4. The summed E-state index contributed by atoms with van der Waals surface area (Å²) in [6, 6.07) is 14.6. The lowest BCUT2D eigenvalue weighted by atomic mass is 10.2. The number of aryl methyl sites for hydroxylation is 1. The van der Waals surface area contributed by atoms with E-state index in [9.17, 15) is 13.2 Å². The molecule has 0 fully saturated rings. The number of hydrogen-bond acceptors (Lipinski definition) is 5. The van der Waals surface area contributed by atoms with Gasteiger partial charge in [0.2, 0.25) is 10.0 Å². The van der Waals surface area contributed by atoms with E-state index in [1.165, 1.54) is 30.5 Å². The molecule has 25 heavy (non-hydrogen) atoms. The number of anilines is 2. The van der Waals surface area contributed by atoms with Crippen molar-refractivity contribution >= 4 is 27.3 Å². The monoisotopic (exact) mass is 356 g/mol. The number of benzene rings is 2. The molecule has 0 heterocycles. The molecule has 2 aromatic rings. The average molecular weight is 356 g/mol. The Balaban J connectivity index is 2.11. The van der Waals surface area contributed by atoms with Gasteiger partial charge in [0.05, 0.1) is 4.90 Å². The normalized spacial score (nSPS) is 11.5. The number of nitrogens with two attached hydrogens (primary N) is 1. The van der Waals surface area contributed by atoms with E-state index in [1.54, 1.807) is 12.1 Å². The number of amides is 1. The van der Waals surface area contributed by atoms with Gasteiger partial charge in [-0.25, -0.2) is 13.6 Å².